The largest absolute Gasteiger partial charge is 0.294 e. The number of hydrogen-bond donors (Lipinski definition) is 0. The molecule has 17 heavy (non-hydrogen) atoms. The van der Waals surface area contributed by atoms with Gasteiger partial charge in [-0.05, 0) is 31.0 Å². The third-order valence-corrected chi connectivity index (χ3v) is 3.74. The molecule has 1 aromatic carbocycles. The Bertz CT molecular complexity index is 486. The van der Waals surface area contributed by atoms with Crippen LogP contribution < -0.4 is 0 Å². The molecule has 1 atom stereocenters. The maximum absolute atomic E-state index is 13.2. The fourth-order valence-corrected chi connectivity index (χ4v) is 2.66. The molecule has 0 fully saturated rings. The molecule has 0 radical (unpaired) electrons. The Morgan fingerprint density at radius 2 is 2.12 bits per heavy atom. The van der Waals surface area contributed by atoms with Crippen molar-refractivity contribution >= 4 is 5.78 Å². The first-order valence-electron chi connectivity index (χ1n) is 5.94. The molecule has 0 saturated carbocycles. The first-order chi connectivity index (χ1) is 7.98. The van der Waals surface area contributed by atoms with Gasteiger partial charge in [-0.2, -0.15) is 0 Å². The van der Waals surface area contributed by atoms with Crippen LogP contribution >= 0.6 is 0 Å². The van der Waals surface area contributed by atoms with Gasteiger partial charge in [-0.25, -0.2) is 4.39 Å². The summed E-state index contributed by atoms with van der Waals surface area (Å²) in [5.74, 6) is -0.335. The lowest BCUT2D eigenvalue weighted by molar-refractivity contribution is 0.0899. The van der Waals surface area contributed by atoms with E-state index in [0.29, 0.717) is 5.56 Å². The highest BCUT2D eigenvalue weighted by molar-refractivity contribution is 6.04. The molecule has 0 bridgehead atoms. The number of carbonyl (C=O) groups excluding carboxylic acids is 1. The first kappa shape index (κ1) is 12.0. The molecule has 0 N–H and O–H groups in total. The van der Waals surface area contributed by atoms with E-state index in [4.69, 9.17) is 0 Å². The zero-order valence-electron chi connectivity index (χ0n) is 10.5. The van der Waals surface area contributed by atoms with Crippen LogP contribution in [0, 0.1) is 11.7 Å². The Hall–Kier alpha value is -1.44. The lowest BCUT2D eigenvalue weighted by Crippen LogP contribution is -2.26. The summed E-state index contributed by atoms with van der Waals surface area (Å²) in [4.78, 5) is 12.3. The normalized spacial score (nSPS) is 22.1. The predicted octanol–water partition coefficient (Wildman–Crippen LogP) is 3.88. The van der Waals surface area contributed by atoms with E-state index in [0.717, 1.165) is 12.0 Å². The Balaban J connectivity index is 2.48. The molecule has 0 saturated heterocycles. The number of halogens is 1. The number of carbonyl (C=O) groups is 1. The second kappa shape index (κ2) is 4.10. The zero-order valence-corrected chi connectivity index (χ0v) is 10.5. The maximum atomic E-state index is 13.2. The quantitative estimate of drug-likeness (QED) is 0.707. The van der Waals surface area contributed by atoms with Crippen molar-refractivity contribution in [1.29, 1.82) is 0 Å². The number of hydrogen-bond acceptors (Lipinski definition) is 1. The molecule has 2 heteroatoms. The minimum Gasteiger partial charge on any atom is -0.294 e. The zero-order chi connectivity index (χ0) is 12.6. The summed E-state index contributed by atoms with van der Waals surface area (Å²) in [6.45, 7) is 6.06. The van der Waals surface area contributed by atoms with Gasteiger partial charge in [0.15, 0.2) is 5.78 Å². The lowest BCUT2D eigenvalue weighted by Gasteiger charge is -2.26. The van der Waals surface area contributed by atoms with E-state index in [1.807, 2.05) is 19.1 Å². The van der Waals surface area contributed by atoms with Crippen molar-refractivity contribution in [2.75, 3.05) is 0 Å². The van der Waals surface area contributed by atoms with Crippen LogP contribution in [0.2, 0.25) is 0 Å². The first-order valence-corrected chi connectivity index (χ1v) is 5.94. The van der Waals surface area contributed by atoms with E-state index >= 15 is 0 Å². The molecule has 0 heterocycles. The van der Waals surface area contributed by atoms with Crippen LogP contribution in [0.15, 0.2) is 30.4 Å². The summed E-state index contributed by atoms with van der Waals surface area (Å²) in [6, 6.07) is 4.55. The van der Waals surface area contributed by atoms with Gasteiger partial charge in [0, 0.05) is 16.9 Å². The summed E-state index contributed by atoms with van der Waals surface area (Å²) in [7, 11) is 0. The third-order valence-electron chi connectivity index (χ3n) is 3.74. The van der Waals surface area contributed by atoms with Crippen LogP contribution in [-0.2, 0) is 5.41 Å². The van der Waals surface area contributed by atoms with Crippen LogP contribution in [-0.4, -0.2) is 5.78 Å². The predicted molar refractivity (Wildman–Crippen MR) is 66.7 cm³/mol. The number of Topliss-reactive ketones (excluding diaryl/α,β-unsaturated/α-hetero) is 1. The van der Waals surface area contributed by atoms with Gasteiger partial charge in [-0.15, -0.1) is 0 Å². The van der Waals surface area contributed by atoms with Gasteiger partial charge in [0.25, 0.3) is 0 Å². The molecule has 1 aliphatic rings. The molecule has 1 nitrogen and oxygen atoms in total. The average molecular weight is 232 g/mol. The van der Waals surface area contributed by atoms with Gasteiger partial charge in [0.05, 0.1) is 0 Å². The van der Waals surface area contributed by atoms with E-state index in [1.165, 1.54) is 12.1 Å². The van der Waals surface area contributed by atoms with Gasteiger partial charge in [-0.3, -0.25) is 4.79 Å². The van der Waals surface area contributed by atoms with Crippen molar-refractivity contribution in [3.8, 4) is 0 Å². The van der Waals surface area contributed by atoms with Crippen molar-refractivity contribution < 1.29 is 9.18 Å². The lowest BCUT2D eigenvalue weighted by atomic mass is 9.76. The third kappa shape index (κ3) is 1.82. The smallest absolute Gasteiger partial charge is 0.167 e. The Kier molecular flexibility index (Phi) is 2.90. The molecule has 0 spiro atoms. The molecule has 0 amide bonds. The van der Waals surface area contributed by atoms with E-state index < -0.39 is 0 Å². The molecular weight excluding hydrogens is 215 g/mol. The number of ketones is 1. The van der Waals surface area contributed by atoms with E-state index in [9.17, 15) is 9.18 Å². The summed E-state index contributed by atoms with van der Waals surface area (Å²) in [5, 5.41) is 0. The monoisotopic (exact) mass is 232 g/mol. The van der Waals surface area contributed by atoms with Crippen LogP contribution in [0.25, 0.3) is 0 Å². The molecule has 0 aromatic heterocycles. The molecule has 1 aliphatic carbocycles. The average Bonchev–Trinajstić information content (AvgIpc) is 2.45. The molecular formula is C15H17FO. The van der Waals surface area contributed by atoms with Crippen LogP contribution in [0.3, 0.4) is 0 Å². The fourth-order valence-electron chi connectivity index (χ4n) is 2.66. The van der Waals surface area contributed by atoms with Crippen molar-refractivity contribution in [1.82, 2.24) is 0 Å². The van der Waals surface area contributed by atoms with Crippen molar-refractivity contribution in [2.24, 2.45) is 5.92 Å². The van der Waals surface area contributed by atoms with Gasteiger partial charge in [0.1, 0.15) is 5.82 Å². The van der Waals surface area contributed by atoms with Gasteiger partial charge in [0.2, 0.25) is 0 Å². The van der Waals surface area contributed by atoms with Crippen molar-refractivity contribution in [3.63, 3.8) is 0 Å². The molecule has 0 unspecified atom stereocenters. The summed E-state index contributed by atoms with van der Waals surface area (Å²) >= 11 is 0. The molecule has 1 aromatic rings. The van der Waals surface area contributed by atoms with Crippen LogP contribution in [0.4, 0.5) is 4.39 Å². The van der Waals surface area contributed by atoms with E-state index in [2.05, 4.69) is 13.8 Å². The van der Waals surface area contributed by atoms with Gasteiger partial charge < -0.3 is 0 Å². The minimum atomic E-state index is -0.334. The highest BCUT2D eigenvalue weighted by Gasteiger charge is 2.44. The SMILES string of the molecule is CC=CC[C@@H]1C(=O)c2cc(F)ccc2C1(C)C. The van der Waals surface area contributed by atoms with Crippen molar-refractivity contribution in [3.05, 3.63) is 47.3 Å². The Labute approximate surface area is 101 Å². The number of fused-ring (bicyclic) bond motifs is 1. The Morgan fingerprint density at radius 1 is 1.41 bits per heavy atom. The highest BCUT2D eigenvalue weighted by atomic mass is 19.1. The minimum absolute atomic E-state index is 0.0719. The fraction of sp³-hybridized carbons (Fsp3) is 0.400. The number of allylic oxidation sites excluding steroid dienone is 2. The molecule has 2 rings (SSSR count). The van der Waals surface area contributed by atoms with Crippen molar-refractivity contribution in [2.45, 2.75) is 32.6 Å². The number of rotatable bonds is 2. The second-order valence-electron chi connectivity index (χ2n) is 5.13. The summed E-state index contributed by atoms with van der Waals surface area (Å²) < 4.78 is 13.2. The van der Waals surface area contributed by atoms with Gasteiger partial charge >= 0.3 is 0 Å². The van der Waals surface area contributed by atoms with Crippen LogP contribution in [0.1, 0.15) is 43.1 Å². The number of benzene rings is 1. The highest BCUT2D eigenvalue weighted by Crippen LogP contribution is 2.44. The van der Waals surface area contributed by atoms with Gasteiger partial charge in [-0.1, -0.05) is 32.1 Å². The topological polar surface area (TPSA) is 17.1 Å². The van der Waals surface area contributed by atoms with Crippen LogP contribution in [0.5, 0.6) is 0 Å². The maximum Gasteiger partial charge on any atom is 0.167 e. The van der Waals surface area contributed by atoms with E-state index in [1.54, 1.807) is 6.07 Å². The molecule has 0 aliphatic heterocycles. The second-order valence-corrected chi connectivity index (χ2v) is 5.13. The van der Waals surface area contributed by atoms with E-state index in [-0.39, 0.29) is 22.9 Å². The standard InChI is InChI=1S/C15H17FO/c1-4-5-6-13-14(17)11-9-10(16)7-8-12(11)15(13,2)3/h4-5,7-9,13H,6H2,1-3H3/t13-/m1/s1. The summed E-state index contributed by atoms with van der Waals surface area (Å²) in [5.41, 5.74) is 1.32. The molecule has 90 valence electrons. The summed E-state index contributed by atoms with van der Waals surface area (Å²) in [6.07, 6.45) is 4.68. The Morgan fingerprint density at radius 3 is 2.76 bits per heavy atom.